The maximum absolute atomic E-state index is 13.2. The van der Waals surface area contributed by atoms with Crippen molar-refractivity contribution < 1.29 is 41.7 Å². The molecule has 17 heteroatoms. The molecule has 0 atom stereocenters. The van der Waals surface area contributed by atoms with Gasteiger partial charge in [-0.05, 0) is 38.1 Å². The van der Waals surface area contributed by atoms with Gasteiger partial charge in [-0.25, -0.2) is 4.98 Å². The van der Waals surface area contributed by atoms with E-state index in [0.717, 1.165) is 38.2 Å². The quantitative estimate of drug-likeness (QED) is 0.308. The third-order valence-electron chi connectivity index (χ3n) is 4.05. The Labute approximate surface area is 209 Å². The average Bonchev–Trinajstić information content (AvgIpc) is 2.76. The van der Waals surface area contributed by atoms with Crippen molar-refractivity contribution in [2.45, 2.75) is 31.8 Å². The molecule has 0 spiro atoms. The first-order valence-electron chi connectivity index (χ1n) is 11.0. The van der Waals surface area contributed by atoms with Crippen LogP contribution >= 0.6 is 0 Å². The molecule has 0 aliphatic heterocycles. The van der Waals surface area contributed by atoms with Crippen LogP contribution in [0.2, 0.25) is 0 Å². The minimum absolute atomic E-state index is 0.221. The van der Waals surface area contributed by atoms with E-state index in [-0.39, 0.29) is 5.69 Å². The molecule has 3 heterocycles. The van der Waals surface area contributed by atoms with Gasteiger partial charge in [0.1, 0.15) is 17.1 Å². The molecule has 3 rings (SSSR count). The second-order valence-electron chi connectivity index (χ2n) is 7.81. The van der Waals surface area contributed by atoms with Crippen LogP contribution in [0.5, 0.6) is 0 Å². The fourth-order valence-electron chi connectivity index (χ4n) is 2.72. The zero-order valence-electron chi connectivity index (χ0n) is 21.1. The number of aromatic nitrogens is 5. The molecule has 0 aliphatic carbocycles. The van der Waals surface area contributed by atoms with Crippen LogP contribution < -0.4 is 10.6 Å². The predicted molar refractivity (Wildman–Crippen MR) is 119 cm³/mol. The Morgan fingerprint density at radius 2 is 1.59 bits per heavy atom. The Morgan fingerprint density at radius 3 is 2.22 bits per heavy atom. The molecule has 200 valence electrons. The molecule has 0 aromatic carbocycles. The van der Waals surface area contributed by atoms with Crippen molar-refractivity contribution >= 4 is 27.7 Å². The topological polar surface area (TPSA) is 132 Å². The van der Waals surface area contributed by atoms with Crippen LogP contribution in [0, 0.1) is 0 Å². The molecular weight excluding hydrogens is 532 g/mol. The minimum Gasteiger partial charge on any atom is -0.351 e. The fraction of sp³-hybridized carbons (Fsp3) is 0.350. The average molecular weight is 553 g/mol. The van der Waals surface area contributed by atoms with Gasteiger partial charge in [0.15, 0.2) is 5.82 Å². The summed E-state index contributed by atoms with van der Waals surface area (Å²) in [6, 6.07) is 4.54. The number of nitrogens with zero attached hydrogens (tertiary/aromatic N) is 5. The van der Waals surface area contributed by atoms with Crippen molar-refractivity contribution in [3.8, 4) is 11.5 Å². The SMILES string of the molecule is [2H]C([2H])(Nc1nc(Nc2ccnc(C(F)(F)F)c2)nc(-c2cccc(C(F)(F)F)n2)n1)C(C)(C)OS(C)(=O)=O. The fourth-order valence-corrected chi connectivity index (χ4v) is 3.52. The van der Waals surface area contributed by atoms with Crippen LogP contribution in [0.4, 0.5) is 43.9 Å². The lowest BCUT2D eigenvalue weighted by Crippen LogP contribution is -2.35. The lowest BCUT2D eigenvalue weighted by atomic mass is 10.1. The van der Waals surface area contributed by atoms with Crippen LogP contribution in [-0.4, -0.2) is 51.7 Å². The van der Waals surface area contributed by atoms with Gasteiger partial charge in [0.25, 0.3) is 10.1 Å². The summed E-state index contributed by atoms with van der Waals surface area (Å²) in [6.45, 7) is -0.550. The van der Waals surface area contributed by atoms with E-state index in [1.54, 1.807) is 0 Å². The van der Waals surface area contributed by atoms with Crippen LogP contribution in [0.25, 0.3) is 11.5 Å². The van der Waals surface area contributed by atoms with Gasteiger partial charge < -0.3 is 10.6 Å². The van der Waals surface area contributed by atoms with Crippen LogP contribution in [0.1, 0.15) is 28.0 Å². The largest absolute Gasteiger partial charge is 0.433 e. The highest BCUT2D eigenvalue weighted by Crippen LogP contribution is 2.31. The van der Waals surface area contributed by atoms with E-state index in [4.69, 9.17) is 6.92 Å². The Kier molecular flexibility index (Phi) is 6.80. The van der Waals surface area contributed by atoms with Crippen LogP contribution in [0.3, 0.4) is 0 Å². The normalized spacial score (nSPS) is 14.1. The first kappa shape index (κ1) is 25.1. The molecule has 0 fully saturated rings. The summed E-state index contributed by atoms with van der Waals surface area (Å²) >= 11 is 0. The van der Waals surface area contributed by atoms with Crippen LogP contribution in [-0.2, 0) is 26.7 Å². The lowest BCUT2D eigenvalue weighted by molar-refractivity contribution is -0.141. The van der Waals surface area contributed by atoms with Gasteiger partial charge in [0, 0.05) is 18.4 Å². The number of anilines is 3. The predicted octanol–water partition coefficient (Wildman–Crippen LogP) is 4.28. The molecule has 0 saturated heterocycles. The Bertz CT molecular complexity index is 1470. The van der Waals surface area contributed by atoms with Crippen molar-refractivity contribution in [3.63, 3.8) is 0 Å². The molecule has 3 aromatic rings. The number of halogens is 6. The zero-order chi connectivity index (χ0) is 29.4. The Hall–Kier alpha value is -3.60. The number of alkyl halides is 6. The summed E-state index contributed by atoms with van der Waals surface area (Å²) in [7, 11) is -4.15. The zero-order valence-corrected chi connectivity index (χ0v) is 19.9. The van der Waals surface area contributed by atoms with Gasteiger partial charge in [0.05, 0.1) is 14.6 Å². The number of hydrogen-bond donors (Lipinski definition) is 2. The summed E-state index contributed by atoms with van der Waals surface area (Å²) in [5, 5.41) is 4.63. The number of pyridine rings is 2. The highest BCUT2D eigenvalue weighted by molar-refractivity contribution is 7.86. The summed E-state index contributed by atoms with van der Waals surface area (Å²) in [4.78, 5) is 18.3. The van der Waals surface area contributed by atoms with E-state index in [1.807, 2.05) is 0 Å². The second kappa shape index (κ2) is 10.0. The molecule has 0 bridgehead atoms. The van der Waals surface area contributed by atoms with Gasteiger partial charge >= 0.3 is 12.4 Å². The highest BCUT2D eigenvalue weighted by Gasteiger charge is 2.33. The van der Waals surface area contributed by atoms with Gasteiger partial charge in [-0.3, -0.25) is 9.17 Å². The lowest BCUT2D eigenvalue weighted by Gasteiger charge is -2.23. The van der Waals surface area contributed by atoms with E-state index in [1.165, 1.54) is 0 Å². The maximum Gasteiger partial charge on any atom is 0.433 e. The molecular formula is C20H19F6N7O3S. The number of nitrogens with one attached hydrogen (secondary N) is 2. The van der Waals surface area contributed by atoms with Gasteiger partial charge in [0.2, 0.25) is 11.9 Å². The standard InChI is InChI=1S/C20H19F6N7O3S/c1-18(2,36-37(3,34)35)10-28-16-31-15(12-5-4-6-13(30-12)19(21,22)23)32-17(33-16)29-11-7-8-27-14(9-11)20(24,25)26/h4-9H,10H2,1-3H3,(H2,27,28,29,31,32,33)/i10D2. The Morgan fingerprint density at radius 1 is 0.946 bits per heavy atom. The summed E-state index contributed by atoms with van der Waals surface area (Å²) in [5.74, 6) is -1.68. The minimum atomic E-state index is -4.83. The summed E-state index contributed by atoms with van der Waals surface area (Å²) < 4.78 is 123. The van der Waals surface area contributed by atoms with Gasteiger partial charge in [-0.15, -0.1) is 0 Å². The molecule has 10 nitrogen and oxygen atoms in total. The smallest absolute Gasteiger partial charge is 0.351 e. The monoisotopic (exact) mass is 553 g/mol. The molecule has 3 aromatic heterocycles. The van der Waals surface area contributed by atoms with E-state index in [2.05, 4.69) is 35.6 Å². The van der Waals surface area contributed by atoms with Crippen molar-refractivity contribution in [1.82, 2.24) is 24.9 Å². The molecule has 2 N–H and O–H groups in total. The first-order valence-corrected chi connectivity index (χ1v) is 11.8. The number of rotatable bonds is 8. The molecule has 0 saturated carbocycles. The van der Waals surface area contributed by atoms with Crippen molar-refractivity contribution in [2.24, 2.45) is 0 Å². The van der Waals surface area contributed by atoms with E-state index in [0.29, 0.717) is 18.4 Å². The third kappa shape index (κ3) is 8.21. The van der Waals surface area contributed by atoms with Crippen molar-refractivity contribution in [2.75, 3.05) is 23.4 Å². The Balaban J connectivity index is 2.10. The molecule has 0 radical (unpaired) electrons. The van der Waals surface area contributed by atoms with E-state index < -0.39 is 69.4 Å². The maximum atomic E-state index is 13.2. The molecule has 37 heavy (non-hydrogen) atoms. The van der Waals surface area contributed by atoms with Crippen LogP contribution in [0.15, 0.2) is 36.5 Å². The highest BCUT2D eigenvalue weighted by atomic mass is 32.2. The van der Waals surface area contributed by atoms with Gasteiger partial charge in [-0.1, -0.05) is 6.07 Å². The van der Waals surface area contributed by atoms with E-state index in [9.17, 15) is 34.8 Å². The second-order valence-corrected chi connectivity index (χ2v) is 9.39. The summed E-state index contributed by atoms with van der Waals surface area (Å²) in [6.07, 6.45) is -8.10. The molecule has 0 unspecified atom stereocenters. The molecule has 0 amide bonds. The van der Waals surface area contributed by atoms with Crippen molar-refractivity contribution in [1.29, 1.82) is 0 Å². The van der Waals surface area contributed by atoms with Crippen molar-refractivity contribution in [3.05, 3.63) is 47.9 Å². The molecule has 0 aliphatic rings. The van der Waals surface area contributed by atoms with E-state index >= 15 is 0 Å². The third-order valence-corrected chi connectivity index (χ3v) is 4.77. The number of hydrogen-bond acceptors (Lipinski definition) is 10. The van der Waals surface area contributed by atoms with Gasteiger partial charge in [-0.2, -0.15) is 49.7 Å². The summed E-state index contributed by atoms with van der Waals surface area (Å²) in [5.41, 5.74) is -5.29. The first-order chi connectivity index (χ1) is 17.7.